The van der Waals surface area contributed by atoms with Crippen LogP contribution in [0.4, 0.5) is 0 Å². The van der Waals surface area contributed by atoms with Crippen molar-refractivity contribution >= 4 is 28.6 Å². The van der Waals surface area contributed by atoms with E-state index in [0.29, 0.717) is 13.0 Å². The van der Waals surface area contributed by atoms with Gasteiger partial charge in [-0.15, -0.1) is 0 Å². The Balaban J connectivity index is 2.60. The zero-order valence-electron chi connectivity index (χ0n) is 9.15. The average molecular weight is 334 g/mol. The minimum Gasteiger partial charge on any atom is -0.479 e. The number of carbonyl (C=O) groups is 1. The van der Waals surface area contributed by atoms with E-state index < -0.39 is 12.1 Å². The van der Waals surface area contributed by atoms with Gasteiger partial charge in [-0.2, -0.15) is 0 Å². The largest absolute Gasteiger partial charge is 0.479 e. The quantitative estimate of drug-likeness (QED) is 0.814. The van der Waals surface area contributed by atoms with Gasteiger partial charge < -0.3 is 9.84 Å². The van der Waals surface area contributed by atoms with Crippen molar-refractivity contribution in [2.75, 3.05) is 6.61 Å². The molecule has 0 radical (unpaired) electrons. The number of benzene rings is 1. The molecule has 0 aliphatic carbocycles. The maximum Gasteiger partial charge on any atom is 0.333 e. The van der Waals surface area contributed by atoms with Crippen LogP contribution in [0, 0.1) is 3.57 Å². The van der Waals surface area contributed by atoms with Crippen molar-refractivity contribution < 1.29 is 14.6 Å². The minimum absolute atomic E-state index is 0.423. The molecule has 4 heteroatoms. The third kappa shape index (κ3) is 4.49. The van der Waals surface area contributed by atoms with E-state index in [1.165, 1.54) is 0 Å². The van der Waals surface area contributed by atoms with Gasteiger partial charge >= 0.3 is 5.97 Å². The summed E-state index contributed by atoms with van der Waals surface area (Å²) in [7, 11) is 0. The summed E-state index contributed by atoms with van der Waals surface area (Å²) in [5.74, 6) is -0.896. The van der Waals surface area contributed by atoms with Crippen LogP contribution < -0.4 is 0 Å². The molecule has 0 aliphatic rings. The Morgan fingerprint density at radius 2 is 2.06 bits per heavy atom. The van der Waals surface area contributed by atoms with Crippen molar-refractivity contribution in [1.82, 2.24) is 0 Å². The van der Waals surface area contributed by atoms with Crippen LogP contribution in [0.25, 0.3) is 0 Å². The van der Waals surface area contributed by atoms with Gasteiger partial charge in [0.25, 0.3) is 0 Å². The maximum atomic E-state index is 11.0. The molecule has 0 amide bonds. The number of carboxylic acids is 1. The molecule has 1 aromatic carbocycles. The van der Waals surface area contributed by atoms with Crippen LogP contribution in [0.3, 0.4) is 0 Å². The van der Waals surface area contributed by atoms with E-state index in [0.717, 1.165) is 15.6 Å². The molecule has 0 bridgehead atoms. The fourth-order valence-electron chi connectivity index (χ4n) is 1.31. The summed E-state index contributed by atoms with van der Waals surface area (Å²) in [6.45, 7) is 2.45. The predicted octanol–water partition coefficient (Wildman–Crippen LogP) is 2.71. The smallest absolute Gasteiger partial charge is 0.333 e. The number of halogens is 1. The third-order valence-corrected chi connectivity index (χ3v) is 2.85. The molecule has 1 unspecified atom stereocenters. The molecule has 1 rings (SSSR count). The monoisotopic (exact) mass is 334 g/mol. The molecule has 0 saturated heterocycles. The topological polar surface area (TPSA) is 46.5 Å². The van der Waals surface area contributed by atoms with E-state index in [9.17, 15) is 4.79 Å². The first-order valence-electron chi connectivity index (χ1n) is 5.22. The Bertz CT molecular complexity index is 335. The molecule has 0 aliphatic heterocycles. The normalized spacial score (nSPS) is 12.4. The second-order valence-corrected chi connectivity index (χ2v) is 4.77. The molecule has 0 fully saturated rings. The van der Waals surface area contributed by atoms with E-state index in [2.05, 4.69) is 22.6 Å². The lowest BCUT2D eigenvalue weighted by Gasteiger charge is -2.13. The highest BCUT2D eigenvalue weighted by atomic mass is 127. The van der Waals surface area contributed by atoms with Crippen molar-refractivity contribution in [1.29, 1.82) is 0 Å². The molecular formula is C12H15IO3. The second-order valence-electron chi connectivity index (χ2n) is 3.53. The van der Waals surface area contributed by atoms with Gasteiger partial charge in [0.15, 0.2) is 6.10 Å². The van der Waals surface area contributed by atoms with Gasteiger partial charge in [-0.25, -0.2) is 4.79 Å². The van der Waals surface area contributed by atoms with E-state index >= 15 is 0 Å². The standard InChI is InChI=1S/C12H15IO3/c1-2-7-16-11(12(14)15)8-9-3-5-10(13)6-4-9/h3-6,11H,2,7-8H2,1H3,(H,14,15). The van der Waals surface area contributed by atoms with Crippen LogP contribution in [0.2, 0.25) is 0 Å². The number of ether oxygens (including phenoxy) is 1. The van der Waals surface area contributed by atoms with E-state index in [-0.39, 0.29) is 0 Å². The third-order valence-electron chi connectivity index (χ3n) is 2.13. The summed E-state index contributed by atoms with van der Waals surface area (Å²) in [6, 6.07) is 7.81. The SMILES string of the molecule is CCCOC(Cc1ccc(I)cc1)C(=O)O. The summed E-state index contributed by atoms with van der Waals surface area (Å²) in [5, 5.41) is 8.99. The Labute approximate surface area is 109 Å². The van der Waals surface area contributed by atoms with Crippen LogP contribution in [-0.2, 0) is 16.0 Å². The van der Waals surface area contributed by atoms with Gasteiger partial charge in [0.2, 0.25) is 0 Å². The van der Waals surface area contributed by atoms with Gasteiger partial charge in [-0.1, -0.05) is 19.1 Å². The van der Waals surface area contributed by atoms with Crippen molar-refractivity contribution in [3.63, 3.8) is 0 Å². The fraction of sp³-hybridized carbons (Fsp3) is 0.417. The summed E-state index contributed by atoms with van der Waals surface area (Å²) >= 11 is 2.22. The highest BCUT2D eigenvalue weighted by molar-refractivity contribution is 14.1. The molecule has 0 spiro atoms. The Morgan fingerprint density at radius 1 is 1.44 bits per heavy atom. The predicted molar refractivity (Wildman–Crippen MR) is 70.5 cm³/mol. The molecule has 0 saturated carbocycles. The van der Waals surface area contributed by atoms with Crippen molar-refractivity contribution in [3.8, 4) is 0 Å². The lowest BCUT2D eigenvalue weighted by Crippen LogP contribution is -2.26. The highest BCUT2D eigenvalue weighted by Crippen LogP contribution is 2.10. The molecule has 88 valence electrons. The molecule has 3 nitrogen and oxygen atoms in total. The van der Waals surface area contributed by atoms with E-state index in [1.807, 2.05) is 31.2 Å². The Hall–Kier alpha value is -0.620. The number of carboxylic acid groups (broad SMARTS) is 1. The zero-order chi connectivity index (χ0) is 12.0. The molecule has 1 N–H and O–H groups in total. The lowest BCUT2D eigenvalue weighted by atomic mass is 10.1. The van der Waals surface area contributed by atoms with Gasteiger partial charge in [0.1, 0.15) is 0 Å². The molecule has 1 aromatic rings. The van der Waals surface area contributed by atoms with Crippen LogP contribution in [0.1, 0.15) is 18.9 Å². The molecule has 16 heavy (non-hydrogen) atoms. The number of hydrogen-bond donors (Lipinski definition) is 1. The fourth-order valence-corrected chi connectivity index (χ4v) is 1.67. The number of rotatable bonds is 6. The van der Waals surface area contributed by atoms with Gasteiger partial charge in [-0.3, -0.25) is 0 Å². The summed E-state index contributed by atoms with van der Waals surface area (Å²) < 4.78 is 6.43. The first-order valence-corrected chi connectivity index (χ1v) is 6.30. The van der Waals surface area contributed by atoms with Crippen LogP contribution >= 0.6 is 22.6 Å². The second kappa shape index (κ2) is 6.85. The average Bonchev–Trinajstić information content (AvgIpc) is 2.26. The first kappa shape index (κ1) is 13.4. The van der Waals surface area contributed by atoms with Crippen molar-refractivity contribution in [2.24, 2.45) is 0 Å². The molecule has 0 aromatic heterocycles. The highest BCUT2D eigenvalue weighted by Gasteiger charge is 2.17. The first-order chi connectivity index (χ1) is 7.63. The minimum atomic E-state index is -0.896. The van der Waals surface area contributed by atoms with E-state index in [4.69, 9.17) is 9.84 Å². The zero-order valence-corrected chi connectivity index (χ0v) is 11.3. The van der Waals surface area contributed by atoms with Crippen molar-refractivity contribution in [3.05, 3.63) is 33.4 Å². The van der Waals surface area contributed by atoms with Crippen LogP contribution in [-0.4, -0.2) is 23.8 Å². The van der Waals surface area contributed by atoms with Crippen LogP contribution in [0.5, 0.6) is 0 Å². The summed E-state index contributed by atoms with van der Waals surface area (Å²) in [6.07, 6.45) is 0.517. The Morgan fingerprint density at radius 3 is 2.56 bits per heavy atom. The maximum absolute atomic E-state index is 11.0. The van der Waals surface area contributed by atoms with Gasteiger partial charge in [-0.05, 0) is 46.7 Å². The van der Waals surface area contributed by atoms with Crippen molar-refractivity contribution in [2.45, 2.75) is 25.9 Å². The lowest BCUT2D eigenvalue weighted by molar-refractivity contribution is -0.150. The summed E-state index contributed by atoms with van der Waals surface area (Å²) in [4.78, 5) is 11.0. The van der Waals surface area contributed by atoms with E-state index in [1.54, 1.807) is 0 Å². The number of aliphatic carboxylic acids is 1. The summed E-state index contributed by atoms with van der Waals surface area (Å²) in [5.41, 5.74) is 0.990. The molecule has 0 heterocycles. The van der Waals surface area contributed by atoms with Crippen LogP contribution in [0.15, 0.2) is 24.3 Å². The number of hydrogen-bond acceptors (Lipinski definition) is 2. The Kier molecular flexibility index (Phi) is 5.76. The van der Waals surface area contributed by atoms with Gasteiger partial charge in [0, 0.05) is 16.6 Å². The molecule has 1 atom stereocenters. The van der Waals surface area contributed by atoms with Gasteiger partial charge in [0.05, 0.1) is 0 Å². The molecular weight excluding hydrogens is 319 g/mol.